The van der Waals surface area contributed by atoms with Gasteiger partial charge in [-0.05, 0) is 61.6 Å². The summed E-state index contributed by atoms with van der Waals surface area (Å²) in [6.45, 7) is 8.33. The molecule has 0 aromatic heterocycles. The molecule has 0 N–H and O–H groups in total. The second-order valence-corrected chi connectivity index (χ2v) is 6.43. The van der Waals surface area contributed by atoms with E-state index in [1.807, 2.05) is 19.1 Å². The molecule has 0 heterocycles. The predicted octanol–water partition coefficient (Wildman–Crippen LogP) is 4.80. The van der Waals surface area contributed by atoms with Crippen LogP contribution in [0.15, 0.2) is 30.3 Å². The molecule has 0 aliphatic carbocycles. The van der Waals surface area contributed by atoms with Crippen LogP contribution >= 0.6 is 0 Å². The molecule has 0 amide bonds. The number of methoxy groups -OCH3 is 2. The third kappa shape index (κ3) is 4.70. The van der Waals surface area contributed by atoms with Crippen LogP contribution in [0.25, 0.3) is 6.08 Å². The van der Waals surface area contributed by atoms with Crippen molar-refractivity contribution in [2.24, 2.45) is 0 Å². The maximum atomic E-state index is 11.5. The molecule has 0 aliphatic heterocycles. The summed E-state index contributed by atoms with van der Waals surface area (Å²) in [6, 6.07) is 8.09. The van der Waals surface area contributed by atoms with Crippen molar-refractivity contribution in [2.45, 2.75) is 34.1 Å². The highest BCUT2D eigenvalue weighted by Gasteiger charge is 2.18. The summed E-state index contributed by atoms with van der Waals surface area (Å²) in [6.07, 6.45) is 3.94. The molecular weight excluding hydrogens is 340 g/mol. The lowest BCUT2D eigenvalue weighted by atomic mass is 9.92. The van der Waals surface area contributed by atoms with Crippen molar-refractivity contribution in [3.05, 3.63) is 63.7 Å². The molecule has 0 aliphatic rings. The lowest BCUT2D eigenvalue weighted by Gasteiger charge is -2.20. The Labute approximate surface area is 161 Å². The van der Waals surface area contributed by atoms with Crippen LogP contribution in [0.4, 0.5) is 0 Å². The summed E-state index contributed by atoms with van der Waals surface area (Å²) >= 11 is 0. The smallest absolute Gasteiger partial charge is 0.330 e. The first kappa shape index (κ1) is 20.6. The van der Waals surface area contributed by atoms with Crippen LogP contribution in [-0.4, -0.2) is 26.8 Å². The van der Waals surface area contributed by atoms with Gasteiger partial charge in [0.05, 0.1) is 20.8 Å². The molecule has 0 radical (unpaired) electrons. The Morgan fingerprint density at radius 2 is 1.67 bits per heavy atom. The van der Waals surface area contributed by atoms with E-state index in [9.17, 15) is 4.79 Å². The molecule has 0 saturated carbocycles. The van der Waals surface area contributed by atoms with Crippen molar-refractivity contribution in [3.63, 3.8) is 0 Å². The highest BCUT2D eigenvalue weighted by Crippen LogP contribution is 2.38. The van der Waals surface area contributed by atoms with E-state index < -0.39 is 0 Å². The van der Waals surface area contributed by atoms with Crippen LogP contribution < -0.4 is 9.47 Å². The lowest BCUT2D eigenvalue weighted by molar-refractivity contribution is -0.137. The fraction of sp³-hybridized carbons (Fsp3) is 0.348. The van der Waals surface area contributed by atoms with E-state index in [2.05, 4.69) is 26.0 Å². The Bertz CT molecular complexity index is 850. The first-order chi connectivity index (χ1) is 12.9. The van der Waals surface area contributed by atoms with Gasteiger partial charge in [-0.2, -0.15) is 0 Å². The Morgan fingerprint density at radius 3 is 2.30 bits per heavy atom. The van der Waals surface area contributed by atoms with Crippen molar-refractivity contribution in [3.8, 4) is 11.5 Å². The van der Waals surface area contributed by atoms with Crippen LogP contribution in [0.1, 0.15) is 40.3 Å². The topological polar surface area (TPSA) is 44.8 Å². The predicted molar refractivity (Wildman–Crippen MR) is 109 cm³/mol. The van der Waals surface area contributed by atoms with E-state index in [0.717, 1.165) is 44.9 Å². The lowest BCUT2D eigenvalue weighted by Crippen LogP contribution is -2.04. The average molecular weight is 368 g/mol. The van der Waals surface area contributed by atoms with Gasteiger partial charge in [-0.25, -0.2) is 4.79 Å². The van der Waals surface area contributed by atoms with Gasteiger partial charge < -0.3 is 14.2 Å². The molecule has 144 valence electrons. The van der Waals surface area contributed by atoms with Gasteiger partial charge in [0, 0.05) is 18.1 Å². The summed E-state index contributed by atoms with van der Waals surface area (Å²) in [5, 5.41) is 0. The maximum absolute atomic E-state index is 11.5. The molecular formula is C23H28O4. The average Bonchev–Trinajstić information content (AvgIpc) is 2.66. The Hall–Kier alpha value is -2.75. The second kappa shape index (κ2) is 9.26. The SMILES string of the molecule is CCOC(=O)/C=C/c1cccc(Cc2c(C)c(OC)c(C)c(C)c2OC)c1. The molecule has 0 bridgehead atoms. The Balaban J connectivity index is 2.39. The van der Waals surface area contributed by atoms with E-state index in [4.69, 9.17) is 14.2 Å². The maximum Gasteiger partial charge on any atom is 0.330 e. The fourth-order valence-corrected chi connectivity index (χ4v) is 3.32. The Morgan fingerprint density at radius 1 is 1.00 bits per heavy atom. The van der Waals surface area contributed by atoms with Crippen LogP contribution in [0.5, 0.6) is 11.5 Å². The van der Waals surface area contributed by atoms with E-state index in [0.29, 0.717) is 13.0 Å². The van der Waals surface area contributed by atoms with Gasteiger partial charge >= 0.3 is 5.97 Å². The van der Waals surface area contributed by atoms with Crippen LogP contribution in [-0.2, 0) is 16.0 Å². The number of carbonyl (C=O) groups excluding carboxylic acids is 1. The van der Waals surface area contributed by atoms with Crippen LogP contribution in [0.3, 0.4) is 0 Å². The molecule has 2 aromatic rings. The molecule has 2 aromatic carbocycles. The standard InChI is InChI=1S/C23H28O4/c1-7-27-21(24)12-11-18-9-8-10-19(13-18)14-20-17(4)22(25-5)15(2)16(3)23(20)26-6/h8-13H,7,14H2,1-6H3/b12-11+. The highest BCUT2D eigenvalue weighted by atomic mass is 16.5. The van der Waals surface area contributed by atoms with E-state index in [1.54, 1.807) is 27.2 Å². The number of hydrogen-bond acceptors (Lipinski definition) is 4. The normalized spacial score (nSPS) is 10.9. The minimum atomic E-state index is -0.334. The van der Waals surface area contributed by atoms with E-state index in [1.165, 1.54) is 6.08 Å². The number of benzene rings is 2. The minimum Gasteiger partial charge on any atom is -0.496 e. The van der Waals surface area contributed by atoms with Crippen molar-refractivity contribution < 1.29 is 19.0 Å². The fourth-order valence-electron chi connectivity index (χ4n) is 3.32. The van der Waals surface area contributed by atoms with Crippen molar-refractivity contribution in [1.29, 1.82) is 0 Å². The second-order valence-electron chi connectivity index (χ2n) is 6.43. The molecule has 4 heteroatoms. The summed E-state index contributed by atoms with van der Waals surface area (Å²) in [5.74, 6) is 1.47. The van der Waals surface area contributed by atoms with Crippen molar-refractivity contribution in [1.82, 2.24) is 0 Å². The molecule has 2 rings (SSSR count). The molecule has 27 heavy (non-hydrogen) atoms. The zero-order chi connectivity index (χ0) is 20.0. The molecule has 0 fully saturated rings. The van der Waals surface area contributed by atoms with Gasteiger partial charge in [0.1, 0.15) is 11.5 Å². The van der Waals surface area contributed by atoms with E-state index in [-0.39, 0.29) is 5.97 Å². The third-order valence-electron chi connectivity index (χ3n) is 4.75. The van der Waals surface area contributed by atoms with Crippen LogP contribution in [0, 0.1) is 20.8 Å². The zero-order valence-electron chi connectivity index (χ0n) is 17.0. The number of esters is 1. The van der Waals surface area contributed by atoms with Crippen LogP contribution in [0.2, 0.25) is 0 Å². The summed E-state index contributed by atoms with van der Waals surface area (Å²) in [5.41, 5.74) is 6.48. The summed E-state index contributed by atoms with van der Waals surface area (Å²) in [4.78, 5) is 11.5. The van der Waals surface area contributed by atoms with E-state index >= 15 is 0 Å². The van der Waals surface area contributed by atoms with Gasteiger partial charge in [0.2, 0.25) is 0 Å². The third-order valence-corrected chi connectivity index (χ3v) is 4.75. The zero-order valence-corrected chi connectivity index (χ0v) is 17.0. The van der Waals surface area contributed by atoms with Gasteiger partial charge in [-0.3, -0.25) is 0 Å². The monoisotopic (exact) mass is 368 g/mol. The van der Waals surface area contributed by atoms with Gasteiger partial charge in [0.15, 0.2) is 0 Å². The van der Waals surface area contributed by atoms with Crippen molar-refractivity contribution >= 4 is 12.0 Å². The highest BCUT2D eigenvalue weighted by molar-refractivity contribution is 5.87. The molecule has 0 unspecified atom stereocenters. The summed E-state index contributed by atoms with van der Waals surface area (Å²) in [7, 11) is 3.40. The molecule has 4 nitrogen and oxygen atoms in total. The first-order valence-electron chi connectivity index (χ1n) is 9.07. The van der Waals surface area contributed by atoms with Gasteiger partial charge in [-0.15, -0.1) is 0 Å². The Kier molecular flexibility index (Phi) is 7.05. The first-order valence-corrected chi connectivity index (χ1v) is 9.07. The number of rotatable bonds is 7. The van der Waals surface area contributed by atoms with Crippen molar-refractivity contribution in [2.75, 3.05) is 20.8 Å². The molecule has 0 saturated heterocycles. The number of hydrogen-bond donors (Lipinski definition) is 0. The van der Waals surface area contributed by atoms with Gasteiger partial charge in [0.25, 0.3) is 0 Å². The van der Waals surface area contributed by atoms with Gasteiger partial charge in [-0.1, -0.05) is 24.3 Å². The largest absolute Gasteiger partial charge is 0.496 e. The number of ether oxygens (including phenoxy) is 3. The molecule has 0 spiro atoms. The quantitative estimate of drug-likeness (QED) is 0.520. The molecule has 0 atom stereocenters. The minimum absolute atomic E-state index is 0.334. The summed E-state index contributed by atoms with van der Waals surface area (Å²) < 4.78 is 16.3. The number of carbonyl (C=O) groups is 1.